The lowest BCUT2D eigenvalue weighted by atomic mass is 10.2. The molecule has 2 aromatic rings. The van der Waals surface area contributed by atoms with E-state index in [1.165, 1.54) is 5.56 Å². The molecular formula is C11H15N3O. The fraction of sp³-hybridized carbons (Fsp3) is 0.364. The van der Waals surface area contributed by atoms with Gasteiger partial charge in [-0.15, -0.1) is 0 Å². The second-order valence-corrected chi connectivity index (χ2v) is 3.68. The van der Waals surface area contributed by atoms with Gasteiger partial charge in [0.05, 0.1) is 24.5 Å². The predicted octanol–water partition coefficient (Wildman–Crippen LogP) is 1.29. The normalized spacial score (nSPS) is 13.3. The van der Waals surface area contributed by atoms with Crippen molar-refractivity contribution in [3.63, 3.8) is 0 Å². The van der Waals surface area contributed by atoms with Gasteiger partial charge in [0, 0.05) is 13.3 Å². The summed E-state index contributed by atoms with van der Waals surface area (Å²) in [5.41, 5.74) is 9.07. The average Bonchev–Trinajstić information content (AvgIpc) is 2.60. The Balaban J connectivity index is 2.44. The topological polar surface area (TPSA) is 52.5 Å². The molecule has 0 saturated heterocycles. The lowest BCUT2D eigenvalue weighted by Crippen LogP contribution is -2.17. The molecule has 80 valence electrons. The third-order valence-corrected chi connectivity index (χ3v) is 2.42. The molecule has 0 bridgehead atoms. The summed E-state index contributed by atoms with van der Waals surface area (Å²) >= 11 is 0. The van der Waals surface area contributed by atoms with Crippen molar-refractivity contribution in [2.45, 2.75) is 13.0 Å². The molecule has 2 rings (SSSR count). The average molecular weight is 205 g/mol. The van der Waals surface area contributed by atoms with Crippen LogP contribution in [0, 0.1) is 6.92 Å². The molecule has 0 aliphatic heterocycles. The molecule has 0 radical (unpaired) electrons. The van der Waals surface area contributed by atoms with Gasteiger partial charge in [0.1, 0.15) is 5.65 Å². The van der Waals surface area contributed by atoms with Crippen LogP contribution in [0.4, 0.5) is 0 Å². The Morgan fingerprint density at radius 1 is 1.60 bits per heavy atom. The first kappa shape index (κ1) is 10.1. The van der Waals surface area contributed by atoms with Crippen LogP contribution in [-0.2, 0) is 4.74 Å². The molecule has 2 aromatic heterocycles. The molecule has 0 saturated carbocycles. The number of aromatic nitrogens is 2. The summed E-state index contributed by atoms with van der Waals surface area (Å²) in [6.45, 7) is 2.55. The van der Waals surface area contributed by atoms with Crippen LogP contribution in [0.3, 0.4) is 0 Å². The van der Waals surface area contributed by atoms with Crippen LogP contribution in [0.5, 0.6) is 0 Å². The maximum Gasteiger partial charge on any atom is 0.137 e. The van der Waals surface area contributed by atoms with Crippen molar-refractivity contribution >= 4 is 5.65 Å². The van der Waals surface area contributed by atoms with Crippen molar-refractivity contribution in [3.8, 4) is 0 Å². The molecule has 15 heavy (non-hydrogen) atoms. The number of fused-ring (bicyclic) bond motifs is 1. The minimum absolute atomic E-state index is 0.132. The van der Waals surface area contributed by atoms with Crippen molar-refractivity contribution in [3.05, 3.63) is 35.8 Å². The van der Waals surface area contributed by atoms with Gasteiger partial charge in [0.2, 0.25) is 0 Å². The van der Waals surface area contributed by atoms with Gasteiger partial charge in [-0.3, -0.25) is 0 Å². The van der Waals surface area contributed by atoms with Gasteiger partial charge < -0.3 is 14.9 Å². The number of rotatable bonds is 3. The van der Waals surface area contributed by atoms with Crippen molar-refractivity contribution in [2.24, 2.45) is 5.73 Å². The smallest absolute Gasteiger partial charge is 0.137 e. The predicted molar refractivity (Wildman–Crippen MR) is 58.7 cm³/mol. The maximum absolute atomic E-state index is 5.97. The van der Waals surface area contributed by atoms with Crippen LogP contribution in [0.25, 0.3) is 5.65 Å². The highest BCUT2D eigenvalue weighted by Gasteiger charge is 2.10. The molecule has 0 aliphatic rings. The second-order valence-electron chi connectivity index (χ2n) is 3.68. The van der Waals surface area contributed by atoms with Gasteiger partial charge in [0.25, 0.3) is 0 Å². The van der Waals surface area contributed by atoms with Crippen LogP contribution in [0.2, 0.25) is 0 Å². The first-order valence-corrected chi connectivity index (χ1v) is 4.90. The second kappa shape index (κ2) is 4.00. The van der Waals surface area contributed by atoms with Gasteiger partial charge in [-0.2, -0.15) is 0 Å². The summed E-state index contributed by atoms with van der Waals surface area (Å²) in [5.74, 6) is 0. The molecule has 2 N–H and O–H groups in total. The standard InChI is InChI=1S/C11H15N3O/c1-8-3-4-14-10(9(12)7-15-2)6-13-11(14)5-8/h3-6,9H,7,12H2,1-2H3. The number of nitrogens with two attached hydrogens (primary N) is 1. The third-order valence-electron chi connectivity index (χ3n) is 2.42. The lowest BCUT2D eigenvalue weighted by Gasteiger charge is -2.09. The molecule has 0 amide bonds. The van der Waals surface area contributed by atoms with Gasteiger partial charge >= 0.3 is 0 Å². The SMILES string of the molecule is COCC(N)c1cnc2cc(C)ccn12. The fourth-order valence-corrected chi connectivity index (χ4v) is 1.64. The Morgan fingerprint density at radius 2 is 2.40 bits per heavy atom. The largest absolute Gasteiger partial charge is 0.383 e. The van der Waals surface area contributed by atoms with E-state index in [2.05, 4.69) is 4.98 Å². The van der Waals surface area contributed by atoms with Gasteiger partial charge in [0.15, 0.2) is 0 Å². The molecule has 2 heterocycles. The van der Waals surface area contributed by atoms with Crippen LogP contribution in [0.15, 0.2) is 24.5 Å². The molecule has 1 unspecified atom stereocenters. The maximum atomic E-state index is 5.97. The molecule has 0 aliphatic carbocycles. The summed E-state index contributed by atoms with van der Waals surface area (Å²) in [6.07, 6.45) is 3.79. The number of aryl methyl sites for hydroxylation is 1. The van der Waals surface area contributed by atoms with E-state index in [0.717, 1.165) is 11.3 Å². The number of hydrogen-bond acceptors (Lipinski definition) is 3. The van der Waals surface area contributed by atoms with E-state index < -0.39 is 0 Å². The Labute approximate surface area is 88.7 Å². The Kier molecular flexibility index (Phi) is 2.70. The minimum atomic E-state index is -0.132. The fourth-order valence-electron chi connectivity index (χ4n) is 1.64. The Bertz CT molecular complexity index is 464. The molecular weight excluding hydrogens is 190 g/mol. The number of methoxy groups -OCH3 is 1. The lowest BCUT2D eigenvalue weighted by molar-refractivity contribution is 0.179. The van der Waals surface area contributed by atoms with Crippen molar-refractivity contribution in [1.82, 2.24) is 9.38 Å². The van der Waals surface area contributed by atoms with Crippen molar-refractivity contribution < 1.29 is 4.74 Å². The van der Waals surface area contributed by atoms with E-state index in [4.69, 9.17) is 10.5 Å². The zero-order valence-electron chi connectivity index (χ0n) is 8.97. The number of ether oxygens (including phenoxy) is 1. The van der Waals surface area contributed by atoms with E-state index >= 15 is 0 Å². The van der Waals surface area contributed by atoms with E-state index in [-0.39, 0.29) is 6.04 Å². The zero-order chi connectivity index (χ0) is 10.8. The van der Waals surface area contributed by atoms with E-state index in [1.54, 1.807) is 13.3 Å². The quantitative estimate of drug-likeness (QED) is 0.821. The monoisotopic (exact) mass is 205 g/mol. The summed E-state index contributed by atoms with van der Waals surface area (Å²) in [6, 6.07) is 3.94. The molecule has 0 aromatic carbocycles. The summed E-state index contributed by atoms with van der Waals surface area (Å²) in [7, 11) is 1.65. The highest BCUT2D eigenvalue weighted by atomic mass is 16.5. The van der Waals surface area contributed by atoms with Crippen LogP contribution in [0.1, 0.15) is 17.3 Å². The van der Waals surface area contributed by atoms with Crippen LogP contribution >= 0.6 is 0 Å². The molecule has 0 spiro atoms. The number of imidazole rings is 1. The van der Waals surface area contributed by atoms with Gasteiger partial charge in [-0.05, 0) is 24.6 Å². The van der Waals surface area contributed by atoms with Crippen LogP contribution < -0.4 is 5.73 Å². The van der Waals surface area contributed by atoms with Gasteiger partial charge in [-0.25, -0.2) is 4.98 Å². The third kappa shape index (κ3) is 1.86. The van der Waals surface area contributed by atoms with Crippen molar-refractivity contribution in [2.75, 3.05) is 13.7 Å². The first-order valence-electron chi connectivity index (χ1n) is 4.90. The highest BCUT2D eigenvalue weighted by molar-refractivity contribution is 5.43. The molecule has 4 nitrogen and oxygen atoms in total. The first-order chi connectivity index (χ1) is 7.22. The van der Waals surface area contributed by atoms with E-state index in [0.29, 0.717) is 6.61 Å². The number of hydrogen-bond donors (Lipinski definition) is 1. The molecule has 4 heteroatoms. The summed E-state index contributed by atoms with van der Waals surface area (Å²) < 4.78 is 7.03. The van der Waals surface area contributed by atoms with E-state index in [1.807, 2.05) is 29.7 Å². The Hall–Kier alpha value is -1.39. The van der Waals surface area contributed by atoms with Gasteiger partial charge in [-0.1, -0.05) is 0 Å². The van der Waals surface area contributed by atoms with Crippen LogP contribution in [-0.4, -0.2) is 23.1 Å². The zero-order valence-corrected chi connectivity index (χ0v) is 8.97. The summed E-state index contributed by atoms with van der Waals surface area (Å²) in [5, 5.41) is 0. The van der Waals surface area contributed by atoms with Crippen molar-refractivity contribution in [1.29, 1.82) is 0 Å². The summed E-state index contributed by atoms with van der Waals surface area (Å²) in [4.78, 5) is 4.31. The number of pyridine rings is 1. The minimum Gasteiger partial charge on any atom is -0.383 e. The van der Waals surface area contributed by atoms with E-state index in [9.17, 15) is 0 Å². The number of nitrogens with zero attached hydrogens (tertiary/aromatic N) is 2. The Morgan fingerprint density at radius 3 is 3.13 bits per heavy atom. The molecule has 0 fully saturated rings. The highest BCUT2D eigenvalue weighted by Crippen LogP contribution is 2.14. The molecule has 1 atom stereocenters.